The van der Waals surface area contributed by atoms with Crippen molar-refractivity contribution in [1.29, 1.82) is 0 Å². The Bertz CT molecular complexity index is 993. The quantitative estimate of drug-likeness (QED) is 0.0397. The summed E-state index contributed by atoms with van der Waals surface area (Å²) in [6, 6.07) is -0.818. The number of rotatable bonds is 35. The molecule has 2 rings (SSSR count). The predicted octanol–water partition coefficient (Wildman–Crippen LogP) is 4.66. The lowest BCUT2D eigenvalue weighted by Gasteiger charge is -2.46. The Balaban J connectivity index is 1.87. The van der Waals surface area contributed by atoms with Crippen molar-refractivity contribution in [3.8, 4) is 0 Å². The zero-order valence-electron chi connectivity index (χ0n) is 36.1. The summed E-state index contributed by atoms with van der Waals surface area (Å²) in [5.41, 5.74) is 0. The molecule has 344 valence electrons. The lowest BCUT2D eigenvalue weighted by molar-refractivity contribution is -0.359. The summed E-state index contributed by atoms with van der Waals surface area (Å²) in [6.45, 7) is 2.82. The molecule has 2 aliphatic heterocycles. The van der Waals surface area contributed by atoms with Crippen molar-refractivity contribution in [3.63, 3.8) is 0 Å². The second-order valence-corrected chi connectivity index (χ2v) is 16.9. The fourth-order valence-electron chi connectivity index (χ4n) is 7.94. The number of hydrogen-bond acceptors (Lipinski definition) is 13. The number of carbonyl (C=O) groups excluding carboxylic acids is 1. The molecule has 9 N–H and O–H groups in total. The smallest absolute Gasteiger partial charge is 0.220 e. The summed E-state index contributed by atoms with van der Waals surface area (Å²) in [5.74, 6) is -0.207. The fraction of sp³-hybridized carbons (Fsp3) is 0.977. The molecule has 14 heteroatoms. The van der Waals surface area contributed by atoms with Crippen LogP contribution in [0.25, 0.3) is 0 Å². The van der Waals surface area contributed by atoms with E-state index in [4.69, 9.17) is 18.9 Å². The molecule has 0 aromatic rings. The average molecular weight is 836 g/mol. The van der Waals surface area contributed by atoms with Crippen molar-refractivity contribution in [1.82, 2.24) is 5.32 Å². The fourth-order valence-corrected chi connectivity index (χ4v) is 7.94. The van der Waals surface area contributed by atoms with Gasteiger partial charge in [-0.2, -0.15) is 0 Å². The van der Waals surface area contributed by atoms with Crippen LogP contribution in [0.4, 0.5) is 0 Å². The Morgan fingerprint density at radius 1 is 0.552 bits per heavy atom. The lowest BCUT2D eigenvalue weighted by atomic mass is 9.97. The molecule has 0 radical (unpaired) electrons. The van der Waals surface area contributed by atoms with Crippen LogP contribution in [0.3, 0.4) is 0 Å². The number of amides is 1. The largest absolute Gasteiger partial charge is 0.394 e. The maximum atomic E-state index is 13.1. The van der Waals surface area contributed by atoms with E-state index in [1.807, 2.05) is 0 Å². The Morgan fingerprint density at radius 3 is 1.47 bits per heavy atom. The maximum Gasteiger partial charge on any atom is 0.220 e. The van der Waals surface area contributed by atoms with E-state index < -0.39 is 86.8 Å². The second-order valence-electron chi connectivity index (χ2n) is 16.9. The highest BCUT2D eigenvalue weighted by atomic mass is 16.7. The van der Waals surface area contributed by atoms with Gasteiger partial charge in [0.1, 0.15) is 48.8 Å². The van der Waals surface area contributed by atoms with Crippen molar-refractivity contribution in [2.45, 2.75) is 254 Å². The molecular formula is C44H85NO13. The van der Waals surface area contributed by atoms with Gasteiger partial charge in [-0.1, -0.05) is 162 Å². The molecule has 14 nitrogen and oxygen atoms in total. The minimum absolute atomic E-state index is 0.207. The molecule has 0 bridgehead atoms. The summed E-state index contributed by atoms with van der Waals surface area (Å²) in [4.78, 5) is 13.1. The normalized spacial score (nSPS) is 28.7. The second kappa shape index (κ2) is 32.7. The highest BCUT2D eigenvalue weighted by molar-refractivity contribution is 5.76. The first kappa shape index (κ1) is 53.1. The van der Waals surface area contributed by atoms with E-state index >= 15 is 0 Å². The first-order chi connectivity index (χ1) is 28.1. The number of aliphatic hydroxyl groups excluding tert-OH is 8. The number of aliphatic hydroxyl groups is 8. The Kier molecular flexibility index (Phi) is 29.9. The van der Waals surface area contributed by atoms with Gasteiger partial charge in [0, 0.05) is 6.42 Å². The van der Waals surface area contributed by atoms with Crippen molar-refractivity contribution in [2.75, 3.05) is 19.8 Å². The van der Waals surface area contributed by atoms with Gasteiger partial charge in [0.15, 0.2) is 12.6 Å². The summed E-state index contributed by atoms with van der Waals surface area (Å²) in [6.07, 6.45) is 12.5. The molecule has 0 aromatic heterocycles. The van der Waals surface area contributed by atoms with Gasteiger partial charge in [-0.05, 0) is 12.8 Å². The number of nitrogens with one attached hydrogen (secondary N) is 1. The van der Waals surface area contributed by atoms with Crippen LogP contribution in [0.5, 0.6) is 0 Å². The summed E-state index contributed by atoms with van der Waals surface area (Å²) >= 11 is 0. The van der Waals surface area contributed by atoms with Crippen LogP contribution in [0.2, 0.25) is 0 Å². The molecular weight excluding hydrogens is 750 g/mol. The third-order valence-corrected chi connectivity index (χ3v) is 11.8. The lowest BCUT2D eigenvalue weighted by Crippen LogP contribution is -2.65. The van der Waals surface area contributed by atoms with Gasteiger partial charge >= 0.3 is 0 Å². The molecule has 12 atom stereocenters. The van der Waals surface area contributed by atoms with Crippen LogP contribution in [0.15, 0.2) is 0 Å². The first-order valence-corrected chi connectivity index (χ1v) is 23.3. The number of hydrogen-bond donors (Lipinski definition) is 9. The van der Waals surface area contributed by atoms with Crippen molar-refractivity contribution in [3.05, 3.63) is 0 Å². The predicted molar refractivity (Wildman–Crippen MR) is 222 cm³/mol. The average Bonchev–Trinajstić information content (AvgIpc) is 3.22. The summed E-state index contributed by atoms with van der Waals surface area (Å²) in [5, 5.41) is 86.6. The number of ether oxygens (including phenoxy) is 4. The molecule has 0 saturated carbocycles. The zero-order chi connectivity index (χ0) is 42.5. The van der Waals surface area contributed by atoms with Crippen LogP contribution in [0, 0.1) is 0 Å². The van der Waals surface area contributed by atoms with E-state index in [1.54, 1.807) is 0 Å². The van der Waals surface area contributed by atoms with E-state index in [9.17, 15) is 45.6 Å². The molecule has 0 spiro atoms. The third kappa shape index (κ3) is 20.7. The molecule has 2 saturated heterocycles. The molecule has 2 aliphatic rings. The Morgan fingerprint density at radius 2 is 0.983 bits per heavy atom. The first-order valence-electron chi connectivity index (χ1n) is 23.3. The van der Waals surface area contributed by atoms with Gasteiger partial charge in [-0.3, -0.25) is 4.79 Å². The van der Waals surface area contributed by atoms with Crippen molar-refractivity contribution < 1.29 is 64.6 Å². The van der Waals surface area contributed by atoms with Crippen LogP contribution >= 0.6 is 0 Å². The zero-order valence-corrected chi connectivity index (χ0v) is 36.1. The van der Waals surface area contributed by atoms with Gasteiger partial charge in [-0.25, -0.2) is 0 Å². The van der Waals surface area contributed by atoms with Crippen LogP contribution in [-0.4, -0.2) is 140 Å². The minimum Gasteiger partial charge on any atom is -0.394 e. The molecule has 2 heterocycles. The van der Waals surface area contributed by atoms with Crippen molar-refractivity contribution >= 4 is 5.91 Å². The van der Waals surface area contributed by atoms with Gasteiger partial charge in [-0.15, -0.1) is 0 Å². The minimum atomic E-state index is -1.78. The van der Waals surface area contributed by atoms with Crippen LogP contribution < -0.4 is 5.32 Å². The number of carbonyl (C=O) groups is 1. The molecule has 0 aliphatic carbocycles. The van der Waals surface area contributed by atoms with Crippen molar-refractivity contribution in [2.24, 2.45) is 0 Å². The topological polar surface area (TPSA) is 228 Å². The van der Waals surface area contributed by atoms with Crippen LogP contribution in [0.1, 0.15) is 181 Å². The van der Waals surface area contributed by atoms with E-state index in [0.717, 1.165) is 51.4 Å². The van der Waals surface area contributed by atoms with Gasteiger partial charge < -0.3 is 65.1 Å². The van der Waals surface area contributed by atoms with Gasteiger partial charge in [0.25, 0.3) is 0 Å². The Labute approximate surface area is 349 Å². The molecule has 1 amide bonds. The summed E-state index contributed by atoms with van der Waals surface area (Å²) in [7, 11) is 0. The Hall–Kier alpha value is -1.01. The third-order valence-electron chi connectivity index (χ3n) is 11.8. The number of unbranched alkanes of at least 4 members (excludes halogenated alkanes) is 22. The van der Waals surface area contributed by atoms with Crippen LogP contribution in [-0.2, 0) is 23.7 Å². The SMILES string of the molecule is CCCCCCCCCCCCCCCC(=O)N[C@@H](CO[C@@H]1O[C@H](CO)[C@@H](O[C@@H]2O[C@H](CO)[C@H](O)C(O)C2O)C(O)C1O)[C@H](O)CCCCCCCCCCCCC. The monoisotopic (exact) mass is 836 g/mol. The molecule has 58 heavy (non-hydrogen) atoms. The molecule has 2 fully saturated rings. The van der Waals surface area contributed by atoms with E-state index in [0.29, 0.717) is 12.8 Å². The molecule has 0 aromatic carbocycles. The maximum absolute atomic E-state index is 13.1. The molecule has 4 unspecified atom stereocenters. The van der Waals surface area contributed by atoms with E-state index in [2.05, 4.69) is 19.2 Å². The van der Waals surface area contributed by atoms with E-state index in [-0.39, 0.29) is 12.5 Å². The van der Waals surface area contributed by atoms with Gasteiger partial charge in [0.05, 0.1) is 32.0 Å². The highest BCUT2D eigenvalue weighted by Gasteiger charge is 2.51. The highest BCUT2D eigenvalue weighted by Crippen LogP contribution is 2.30. The summed E-state index contributed by atoms with van der Waals surface area (Å²) < 4.78 is 22.7. The van der Waals surface area contributed by atoms with Gasteiger partial charge in [0.2, 0.25) is 5.91 Å². The van der Waals surface area contributed by atoms with E-state index in [1.165, 1.54) is 103 Å². The standard InChI is InChI=1S/C44H85NO13/c1-3-5-7-9-11-13-15-16-18-20-22-24-26-28-36(49)45-32(33(48)27-25-23-21-19-17-14-12-10-8-6-4-2)31-55-43-41(54)39(52)42(35(30-47)57-43)58-44-40(53)38(51)37(50)34(29-46)56-44/h32-35,37-44,46-48,50-54H,3-31H2,1-2H3,(H,45,49)/t32-,33+,34+,35+,37-,38?,39?,40?,41?,42+,43+,44-/m0/s1.